The smallest absolute Gasteiger partial charge is 0.315 e. The van der Waals surface area contributed by atoms with E-state index in [4.69, 9.17) is 56.8 Å². The van der Waals surface area contributed by atoms with Gasteiger partial charge < -0.3 is 133 Å². The van der Waals surface area contributed by atoms with Gasteiger partial charge in [-0.15, -0.1) is 0 Å². The highest BCUT2D eigenvalue weighted by Gasteiger charge is 2.74. The number of carboxylic acids is 1. The van der Waals surface area contributed by atoms with Crippen LogP contribution in [0.4, 0.5) is 0 Å². The summed E-state index contributed by atoms with van der Waals surface area (Å²) in [5.41, 5.74) is -5.47. The normalized spacial score (nSPS) is 51.7. The van der Waals surface area contributed by atoms with Gasteiger partial charge in [-0.2, -0.15) is 0 Å². The largest absolute Gasteiger partial charge is 0.481 e. The van der Waals surface area contributed by atoms with E-state index in [0.29, 0.717) is 25.7 Å². The van der Waals surface area contributed by atoms with E-state index in [-0.39, 0.29) is 50.0 Å². The van der Waals surface area contributed by atoms with Gasteiger partial charge in [0.2, 0.25) is 6.29 Å². The standard InChI is InChI=1S/C63H98O31/c1-24-46(91-51-42(76)38(72)33(22-83-51)90-53-43(77)39(73)36(70)31(20-64)88-53)41(75)45(79)52(84-24)92-49-48(87-27(4)68)47(86-26(3)67)25(2)85-55(49)94-57(82)62-15-14-58(5,6)18-29(62)28-10-11-34-59(7)19-30(69)50(93-54-44(78)40(74)37(71)32(21-65)89-54)61(9,56(80)81)35(59)12-13-60(34,8)63(28,23-66)17-16-62/h10,24-25,29-55,64-66,69-79H,11-23H2,1-9H3,(H,80,81)/t24-,25+,29-,30-,31+,32+,33+,34+,35+,36-,37+,38-,39-,40-,41-,42+,43+,44+,45+,46-,47-,48-,49+,50-,51-,52-,53-,54-,55-,59+,60+,61-,62-,63-/m0/s1. The van der Waals surface area contributed by atoms with Gasteiger partial charge in [-0.1, -0.05) is 39.3 Å². The molecule has 0 radical (unpaired) electrons. The van der Waals surface area contributed by atoms with Crippen molar-refractivity contribution in [3.05, 3.63) is 11.6 Å². The van der Waals surface area contributed by atoms with Gasteiger partial charge in [0.25, 0.3) is 0 Å². The molecule has 0 bridgehead atoms. The van der Waals surface area contributed by atoms with Crippen molar-refractivity contribution in [3.8, 4) is 0 Å². The highest BCUT2D eigenvalue weighted by molar-refractivity contribution is 5.79. The molecule has 94 heavy (non-hydrogen) atoms. The summed E-state index contributed by atoms with van der Waals surface area (Å²) in [5, 5.41) is 164. The number of carbonyl (C=O) groups excluding carboxylic acids is 3. The van der Waals surface area contributed by atoms with E-state index < -0.39 is 242 Å². The Morgan fingerprint density at radius 3 is 1.66 bits per heavy atom. The zero-order chi connectivity index (χ0) is 69.0. The molecule has 4 saturated carbocycles. The molecule has 5 heterocycles. The summed E-state index contributed by atoms with van der Waals surface area (Å²) in [4.78, 5) is 55.5. The Hall–Kier alpha value is -3.30. The molecule has 536 valence electrons. The van der Waals surface area contributed by atoms with Crippen LogP contribution in [0, 0.1) is 50.2 Å². The van der Waals surface area contributed by atoms with Crippen LogP contribution in [0.3, 0.4) is 0 Å². The summed E-state index contributed by atoms with van der Waals surface area (Å²) < 4.78 is 71.5. The molecule has 34 atom stereocenters. The van der Waals surface area contributed by atoms with E-state index >= 15 is 4.79 Å². The summed E-state index contributed by atoms with van der Waals surface area (Å²) in [6.45, 7) is 12.3. The summed E-state index contributed by atoms with van der Waals surface area (Å²) in [5.74, 6) is -5.43. The van der Waals surface area contributed by atoms with Gasteiger partial charge in [0.15, 0.2) is 43.5 Å². The molecule has 0 unspecified atom stereocenters. The fourth-order valence-electron chi connectivity index (χ4n) is 18.5. The number of fused-ring (bicyclic) bond motifs is 7. The molecule has 15 N–H and O–H groups in total. The minimum absolute atomic E-state index is 0.00775. The Balaban J connectivity index is 0.900. The molecule has 0 aromatic heterocycles. The van der Waals surface area contributed by atoms with E-state index in [1.165, 1.54) is 20.8 Å². The number of carboxylic acid groups (broad SMARTS) is 1. The van der Waals surface area contributed by atoms with Crippen molar-refractivity contribution in [2.45, 2.75) is 280 Å². The molecule has 5 aliphatic carbocycles. The summed E-state index contributed by atoms with van der Waals surface area (Å²) in [7, 11) is 0. The molecule has 31 heteroatoms. The SMILES string of the molecule is CC(=O)O[C@H]1[C@@H](OC(C)=O)[C@@H](C)O[C@@H](OC(=O)[C@]23CCC(C)(C)C[C@H]2C2=CC[C@@H]4[C@@]5(C)C[C@H](O)[C@H](O[C@@H]6O[C@H](CO)[C@@H](O)[C@H](O)[C@H]6O)[C@@](C)(C(=O)O)[C@@H]5CC[C@@]4(C)[C@]2(CO)CC3)[C@@H]1O[C@@H]1O[C@@H](C)[C@H](O[C@@H]2OC[C@@H](O[C@@H]3O[C@H](CO)[C@H](O)[C@H](O)[C@H]3O)[C@H](O)[C@H]2O)[C@@H](O)[C@H]1O. The number of rotatable bonds is 16. The topological polar surface area (TPSA) is 482 Å². The molecule has 10 aliphatic rings. The third-order valence-corrected chi connectivity index (χ3v) is 23.7. The predicted molar refractivity (Wildman–Crippen MR) is 310 cm³/mol. The number of esters is 3. The van der Waals surface area contributed by atoms with Crippen molar-refractivity contribution < 1.29 is 153 Å². The predicted octanol–water partition coefficient (Wildman–Crippen LogP) is -3.37. The summed E-state index contributed by atoms with van der Waals surface area (Å²) >= 11 is 0. The van der Waals surface area contributed by atoms with Crippen molar-refractivity contribution >= 4 is 23.9 Å². The van der Waals surface area contributed by atoms with Crippen LogP contribution in [0.1, 0.15) is 120 Å². The van der Waals surface area contributed by atoms with Crippen LogP contribution in [-0.4, -0.2) is 287 Å². The van der Waals surface area contributed by atoms with Gasteiger partial charge in [-0.3, -0.25) is 19.2 Å². The maximum Gasteiger partial charge on any atom is 0.315 e. The lowest BCUT2D eigenvalue weighted by atomic mass is 9.33. The zero-order valence-corrected chi connectivity index (χ0v) is 54.3. The molecule has 0 aromatic rings. The Morgan fingerprint density at radius 1 is 0.543 bits per heavy atom. The molecule has 0 amide bonds. The number of aliphatic hydroxyl groups is 14. The van der Waals surface area contributed by atoms with Crippen molar-refractivity contribution in [2.24, 2.45) is 50.2 Å². The Bertz CT molecular complexity index is 2750. The minimum atomic E-state index is -2.06. The number of ether oxygens (including phenoxy) is 12. The van der Waals surface area contributed by atoms with E-state index in [0.717, 1.165) is 19.4 Å². The second-order valence-corrected chi connectivity index (χ2v) is 29.6. The first-order chi connectivity index (χ1) is 44.0. The van der Waals surface area contributed by atoms with Crippen LogP contribution in [0.2, 0.25) is 0 Å². The lowest BCUT2D eigenvalue weighted by Gasteiger charge is -2.71. The molecule has 31 nitrogen and oxygen atoms in total. The summed E-state index contributed by atoms with van der Waals surface area (Å²) in [6, 6.07) is 0. The first-order valence-electron chi connectivity index (χ1n) is 32.7. The number of aliphatic carboxylic acids is 1. The molecule has 5 saturated heterocycles. The average molecular weight is 1350 g/mol. The molecule has 0 spiro atoms. The van der Waals surface area contributed by atoms with E-state index in [1.807, 2.05) is 6.92 Å². The Morgan fingerprint density at radius 2 is 1.07 bits per heavy atom. The maximum absolute atomic E-state index is 15.9. The lowest BCUT2D eigenvalue weighted by molar-refractivity contribution is -0.378. The van der Waals surface area contributed by atoms with Crippen molar-refractivity contribution in [1.82, 2.24) is 0 Å². The highest BCUT2D eigenvalue weighted by atomic mass is 16.8. The van der Waals surface area contributed by atoms with Crippen molar-refractivity contribution in [2.75, 3.05) is 26.4 Å². The first kappa shape index (κ1) is 73.4. The van der Waals surface area contributed by atoms with Gasteiger partial charge >= 0.3 is 23.9 Å². The third-order valence-electron chi connectivity index (χ3n) is 23.7. The van der Waals surface area contributed by atoms with Gasteiger partial charge in [-0.05, 0) is 113 Å². The number of aliphatic hydroxyl groups excluding tert-OH is 14. The van der Waals surface area contributed by atoms with E-state index in [2.05, 4.69) is 26.8 Å². The van der Waals surface area contributed by atoms with Crippen LogP contribution in [0.5, 0.6) is 0 Å². The number of allylic oxidation sites excluding steroid dienone is 1. The molecular weight excluding hydrogens is 1250 g/mol. The fourth-order valence-corrected chi connectivity index (χ4v) is 18.5. The van der Waals surface area contributed by atoms with Gasteiger partial charge in [0.05, 0.1) is 55.6 Å². The molecule has 0 aromatic carbocycles. The monoisotopic (exact) mass is 1350 g/mol. The molecule has 5 aliphatic heterocycles. The zero-order valence-electron chi connectivity index (χ0n) is 54.3. The number of hydrogen-bond acceptors (Lipinski definition) is 30. The average Bonchev–Trinajstić information content (AvgIpc) is 0.669. The van der Waals surface area contributed by atoms with E-state index in [1.54, 1.807) is 0 Å². The Kier molecular flexibility index (Phi) is 21.3. The maximum atomic E-state index is 15.9. The van der Waals surface area contributed by atoms with Crippen LogP contribution >= 0.6 is 0 Å². The molecule has 9 fully saturated rings. The minimum Gasteiger partial charge on any atom is -0.481 e. The summed E-state index contributed by atoms with van der Waals surface area (Å²) in [6.07, 6.45) is -38.7. The van der Waals surface area contributed by atoms with Crippen LogP contribution in [-0.2, 0) is 76.0 Å². The first-order valence-corrected chi connectivity index (χ1v) is 32.7. The fraction of sp³-hybridized carbons (Fsp3) is 0.905. The van der Waals surface area contributed by atoms with Crippen LogP contribution in [0.15, 0.2) is 11.6 Å². The van der Waals surface area contributed by atoms with Gasteiger partial charge in [-0.25, -0.2) is 0 Å². The van der Waals surface area contributed by atoms with Crippen LogP contribution < -0.4 is 0 Å². The number of hydrogen-bond donors (Lipinski definition) is 15. The second kappa shape index (κ2) is 27.3. The van der Waals surface area contributed by atoms with Crippen molar-refractivity contribution in [3.63, 3.8) is 0 Å². The van der Waals surface area contributed by atoms with Gasteiger partial charge in [0, 0.05) is 19.3 Å². The van der Waals surface area contributed by atoms with Crippen LogP contribution in [0.25, 0.3) is 0 Å². The highest BCUT2D eigenvalue weighted by Crippen LogP contribution is 2.76. The third kappa shape index (κ3) is 12.4. The number of carbonyl (C=O) groups is 4. The Labute approximate surface area is 543 Å². The van der Waals surface area contributed by atoms with Crippen molar-refractivity contribution in [1.29, 1.82) is 0 Å². The second-order valence-electron chi connectivity index (χ2n) is 29.6. The quantitative estimate of drug-likeness (QED) is 0.0310. The molecule has 10 rings (SSSR count). The molecular formula is C63H98O31. The lowest BCUT2D eigenvalue weighted by Crippen LogP contribution is -2.71. The van der Waals surface area contributed by atoms with E-state index in [9.17, 15) is 91.0 Å². The van der Waals surface area contributed by atoms with Gasteiger partial charge in [0.1, 0.15) is 91.6 Å².